The predicted octanol–water partition coefficient (Wildman–Crippen LogP) is 25.7. The molecule has 446 valence electrons. The number of ether oxygens (including phenoxy) is 3. The van der Waals surface area contributed by atoms with Gasteiger partial charge in [0.25, 0.3) is 0 Å². The van der Waals surface area contributed by atoms with Crippen LogP contribution < -0.4 is 14.2 Å². The van der Waals surface area contributed by atoms with E-state index in [0.29, 0.717) is 17.8 Å². The molecule has 0 spiro atoms. The summed E-state index contributed by atoms with van der Waals surface area (Å²) in [7, 11) is 0. The van der Waals surface area contributed by atoms with E-state index in [4.69, 9.17) is 14.2 Å². The van der Waals surface area contributed by atoms with Gasteiger partial charge in [-0.05, 0) is 91.7 Å². The quantitative estimate of drug-likeness (QED) is 0.0488. The standard InChI is InChI=1S/C74H132O3/c1-7-13-19-25-31-34-40-46-50-68(49-43-37-28-22-16-10-4)64-75-72-59-57-67(58-60-72)55-56-71-61-73(76-65-69(51-44-38-29-23-17-11-5)53-47-41-35-32-26-20-14-8-2)63-74(62-71)77-66-70(52-45-39-30-24-18-12-6)54-48-42-36-33-27-21-15-9-3/h55-63,68-70H,7-54,64-66H2,1-6H3. The second-order valence-corrected chi connectivity index (χ2v) is 24.6. The van der Waals surface area contributed by atoms with E-state index in [-0.39, 0.29) is 0 Å². The monoisotopic (exact) mass is 1070 g/mol. The number of hydrogen-bond acceptors (Lipinski definition) is 3. The second kappa shape index (κ2) is 54.2. The lowest BCUT2D eigenvalue weighted by molar-refractivity contribution is 0.214. The molecule has 0 aromatic heterocycles. The summed E-state index contributed by atoms with van der Waals surface area (Å²) in [5, 5.41) is 0. The Labute approximate surface area is 482 Å². The molecule has 0 heterocycles. The summed E-state index contributed by atoms with van der Waals surface area (Å²) in [4.78, 5) is 0. The molecule has 3 nitrogen and oxygen atoms in total. The third-order valence-corrected chi connectivity index (χ3v) is 17.0. The summed E-state index contributed by atoms with van der Waals surface area (Å²) < 4.78 is 20.4. The number of benzene rings is 2. The molecule has 0 saturated heterocycles. The lowest BCUT2D eigenvalue weighted by Gasteiger charge is -2.20. The molecular formula is C74H132O3. The molecule has 77 heavy (non-hydrogen) atoms. The molecule has 0 aliphatic carbocycles. The molecule has 0 bridgehead atoms. The van der Waals surface area contributed by atoms with Gasteiger partial charge in [-0.2, -0.15) is 0 Å². The number of unbranched alkanes of at least 4 members (excludes halogenated alkanes) is 36. The molecule has 2 aromatic rings. The first-order chi connectivity index (χ1) is 38.0. The highest BCUT2D eigenvalue weighted by Crippen LogP contribution is 2.30. The van der Waals surface area contributed by atoms with E-state index >= 15 is 0 Å². The summed E-state index contributed by atoms with van der Waals surface area (Å²) in [5.41, 5.74) is 2.35. The fourth-order valence-electron chi connectivity index (χ4n) is 11.6. The van der Waals surface area contributed by atoms with Gasteiger partial charge in [-0.15, -0.1) is 0 Å². The second-order valence-electron chi connectivity index (χ2n) is 24.6. The molecule has 0 aliphatic rings. The van der Waals surface area contributed by atoms with E-state index < -0.39 is 0 Å². The Bertz CT molecular complexity index is 1470. The maximum absolute atomic E-state index is 6.90. The van der Waals surface area contributed by atoms with Gasteiger partial charge in [0.2, 0.25) is 0 Å². The van der Waals surface area contributed by atoms with Gasteiger partial charge in [-0.25, -0.2) is 0 Å². The average Bonchev–Trinajstić information content (AvgIpc) is 3.44. The van der Waals surface area contributed by atoms with Crippen molar-refractivity contribution in [2.45, 2.75) is 350 Å². The molecule has 3 atom stereocenters. The maximum atomic E-state index is 6.90. The number of rotatable bonds is 59. The van der Waals surface area contributed by atoms with Crippen LogP contribution in [0.15, 0.2) is 42.5 Å². The van der Waals surface area contributed by atoms with Crippen LogP contribution >= 0.6 is 0 Å². The number of hydrogen-bond donors (Lipinski definition) is 0. The van der Waals surface area contributed by atoms with Gasteiger partial charge in [0.1, 0.15) is 17.2 Å². The third-order valence-electron chi connectivity index (χ3n) is 17.0. The van der Waals surface area contributed by atoms with Gasteiger partial charge in [0.05, 0.1) is 19.8 Å². The zero-order valence-corrected chi connectivity index (χ0v) is 52.7. The van der Waals surface area contributed by atoms with Crippen molar-refractivity contribution in [1.82, 2.24) is 0 Å². The molecule has 2 aromatic carbocycles. The van der Waals surface area contributed by atoms with E-state index in [2.05, 4.69) is 96.2 Å². The van der Waals surface area contributed by atoms with Gasteiger partial charge in [0, 0.05) is 6.07 Å². The Hall–Kier alpha value is -2.42. The van der Waals surface area contributed by atoms with Crippen molar-refractivity contribution in [3.63, 3.8) is 0 Å². The Morgan fingerprint density at radius 1 is 0.247 bits per heavy atom. The fourth-order valence-corrected chi connectivity index (χ4v) is 11.6. The van der Waals surface area contributed by atoms with Crippen LogP contribution in [-0.2, 0) is 0 Å². The Kier molecular flexibility index (Phi) is 49.7. The first kappa shape index (κ1) is 70.7. The SMILES string of the molecule is CCCCCCCCCCC(CCCCCCCC)COc1ccc(C=Cc2cc(OCC(CCCCCCCC)CCCCCCCCCC)cc(OCC(CCCCCCCC)CCCCCCCCCC)c2)cc1. The van der Waals surface area contributed by atoms with Crippen molar-refractivity contribution < 1.29 is 14.2 Å². The van der Waals surface area contributed by atoms with Crippen LogP contribution in [0.2, 0.25) is 0 Å². The summed E-state index contributed by atoms with van der Waals surface area (Å²) in [6.45, 7) is 16.4. The van der Waals surface area contributed by atoms with Crippen LogP contribution in [0.3, 0.4) is 0 Å². The highest BCUT2D eigenvalue weighted by molar-refractivity contribution is 5.71. The van der Waals surface area contributed by atoms with Crippen molar-refractivity contribution in [1.29, 1.82) is 0 Å². The Balaban J connectivity index is 2.24. The van der Waals surface area contributed by atoms with Crippen LogP contribution in [-0.4, -0.2) is 19.8 Å². The van der Waals surface area contributed by atoms with Gasteiger partial charge >= 0.3 is 0 Å². The minimum atomic E-state index is 0.606. The van der Waals surface area contributed by atoms with E-state index in [1.54, 1.807) is 0 Å². The molecular weight excluding hydrogens is 937 g/mol. The van der Waals surface area contributed by atoms with Gasteiger partial charge in [-0.3, -0.25) is 0 Å². The van der Waals surface area contributed by atoms with Gasteiger partial charge in [0.15, 0.2) is 0 Å². The fraction of sp³-hybridized carbons (Fsp3) is 0.811. The maximum Gasteiger partial charge on any atom is 0.123 e. The van der Waals surface area contributed by atoms with Crippen LogP contribution in [0.5, 0.6) is 17.2 Å². The van der Waals surface area contributed by atoms with Crippen LogP contribution in [0, 0.1) is 17.8 Å². The van der Waals surface area contributed by atoms with Crippen molar-refractivity contribution >= 4 is 12.2 Å². The summed E-state index contributed by atoms with van der Waals surface area (Å²) >= 11 is 0. The first-order valence-corrected chi connectivity index (χ1v) is 34.9. The molecule has 0 fully saturated rings. The largest absolute Gasteiger partial charge is 0.493 e. The zero-order valence-electron chi connectivity index (χ0n) is 52.7. The summed E-state index contributed by atoms with van der Waals surface area (Å²) in [6, 6.07) is 15.6. The average molecular weight is 1070 g/mol. The molecule has 0 N–H and O–H groups in total. The third kappa shape index (κ3) is 43.1. The minimum Gasteiger partial charge on any atom is -0.493 e. The van der Waals surface area contributed by atoms with Crippen LogP contribution in [0.4, 0.5) is 0 Å². The van der Waals surface area contributed by atoms with Crippen molar-refractivity contribution in [2.24, 2.45) is 17.8 Å². The molecule has 2 rings (SSSR count). The summed E-state index contributed by atoms with van der Waals surface area (Å²) in [5.74, 6) is 4.80. The first-order valence-electron chi connectivity index (χ1n) is 34.9. The molecule has 0 saturated carbocycles. The topological polar surface area (TPSA) is 27.7 Å². The van der Waals surface area contributed by atoms with Crippen LogP contribution in [0.25, 0.3) is 12.2 Å². The normalized spacial score (nSPS) is 12.9. The van der Waals surface area contributed by atoms with Crippen LogP contribution in [0.1, 0.15) is 361 Å². The Morgan fingerprint density at radius 2 is 0.468 bits per heavy atom. The van der Waals surface area contributed by atoms with Crippen molar-refractivity contribution in [3.8, 4) is 17.2 Å². The molecule has 0 aliphatic heterocycles. The molecule has 0 amide bonds. The lowest BCUT2D eigenvalue weighted by atomic mass is 9.94. The van der Waals surface area contributed by atoms with Crippen molar-refractivity contribution in [2.75, 3.05) is 19.8 Å². The van der Waals surface area contributed by atoms with E-state index in [9.17, 15) is 0 Å². The zero-order chi connectivity index (χ0) is 55.2. The van der Waals surface area contributed by atoms with E-state index in [1.807, 2.05) is 0 Å². The van der Waals surface area contributed by atoms with E-state index in [1.165, 1.54) is 314 Å². The molecule has 3 heteroatoms. The van der Waals surface area contributed by atoms with E-state index in [0.717, 1.165) is 42.6 Å². The van der Waals surface area contributed by atoms with Gasteiger partial charge in [-0.1, -0.05) is 336 Å². The lowest BCUT2D eigenvalue weighted by Crippen LogP contribution is -2.14. The van der Waals surface area contributed by atoms with Gasteiger partial charge < -0.3 is 14.2 Å². The summed E-state index contributed by atoms with van der Waals surface area (Å²) in [6.07, 6.45) is 69.8. The Morgan fingerprint density at radius 3 is 0.727 bits per heavy atom. The predicted molar refractivity (Wildman–Crippen MR) is 344 cm³/mol. The molecule has 3 unspecified atom stereocenters. The van der Waals surface area contributed by atoms with Crippen molar-refractivity contribution in [3.05, 3.63) is 53.6 Å². The highest BCUT2D eigenvalue weighted by atomic mass is 16.5. The molecule has 0 radical (unpaired) electrons. The smallest absolute Gasteiger partial charge is 0.123 e. The highest BCUT2D eigenvalue weighted by Gasteiger charge is 2.15. The minimum absolute atomic E-state index is 0.606.